The zero-order valence-corrected chi connectivity index (χ0v) is 18.5. The van der Waals surface area contributed by atoms with E-state index in [0.29, 0.717) is 22.4 Å². The molecule has 2 amide bonds. The van der Waals surface area contributed by atoms with E-state index in [4.69, 9.17) is 23.2 Å². The van der Waals surface area contributed by atoms with Crippen LogP contribution in [0.3, 0.4) is 0 Å². The third-order valence-corrected chi connectivity index (χ3v) is 6.73. The Morgan fingerprint density at radius 1 is 1.07 bits per heavy atom. The average Bonchev–Trinajstić information content (AvgIpc) is 3.55. The van der Waals surface area contributed by atoms with Gasteiger partial charge >= 0.3 is 0 Å². The SMILES string of the molecule is CNC(=O)C[C@H]1C[C@H](c2cccc(Cl)c2)[C@@H](c2ccc(Cl)cc2)N(CC2CC2)C1=O. The van der Waals surface area contributed by atoms with E-state index in [2.05, 4.69) is 11.4 Å². The number of piperidine rings is 1. The van der Waals surface area contributed by atoms with E-state index < -0.39 is 0 Å². The summed E-state index contributed by atoms with van der Waals surface area (Å²) >= 11 is 12.5. The van der Waals surface area contributed by atoms with Crippen molar-refractivity contribution >= 4 is 35.0 Å². The fourth-order valence-electron chi connectivity index (χ4n) is 4.53. The van der Waals surface area contributed by atoms with Gasteiger partial charge in [0.05, 0.1) is 6.04 Å². The largest absolute Gasteiger partial charge is 0.359 e. The number of nitrogens with one attached hydrogen (secondary N) is 1. The summed E-state index contributed by atoms with van der Waals surface area (Å²) in [5.41, 5.74) is 2.16. The van der Waals surface area contributed by atoms with Crippen LogP contribution >= 0.6 is 23.2 Å². The molecule has 0 aromatic heterocycles. The fraction of sp³-hybridized carbons (Fsp3) is 0.417. The van der Waals surface area contributed by atoms with Crippen LogP contribution in [0.5, 0.6) is 0 Å². The summed E-state index contributed by atoms with van der Waals surface area (Å²) < 4.78 is 0. The third kappa shape index (κ3) is 4.65. The zero-order valence-electron chi connectivity index (χ0n) is 17.0. The number of nitrogens with zero attached hydrogens (tertiary/aromatic N) is 1. The van der Waals surface area contributed by atoms with Crippen molar-refractivity contribution in [3.63, 3.8) is 0 Å². The molecule has 0 bridgehead atoms. The molecule has 158 valence electrons. The summed E-state index contributed by atoms with van der Waals surface area (Å²) in [6.07, 6.45) is 3.13. The van der Waals surface area contributed by atoms with Gasteiger partial charge in [0.15, 0.2) is 0 Å². The molecule has 6 heteroatoms. The van der Waals surface area contributed by atoms with Gasteiger partial charge in [0.1, 0.15) is 0 Å². The molecule has 0 spiro atoms. The number of hydrogen-bond donors (Lipinski definition) is 1. The summed E-state index contributed by atoms with van der Waals surface area (Å²) in [6.45, 7) is 0.730. The predicted molar refractivity (Wildman–Crippen MR) is 120 cm³/mol. The average molecular weight is 445 g/mol. The van der Waals surface area contributed by atoms with Gasteiger partial charge < -0.3 is 10.2 Å². The van der Waals surface area contributed by atoms with Crippen molar-refractivity contribution in [3.05, 3.63) is 69.7 Å². The van der Waals surface area contributed by atoms with Crippen molar-refractivity contribution in [1.82, 2.24) is 10.2 Å². The molecule has 1 aliphatic heterocycles. The van der Waals surface area contributed by atoms with Crippen LogP contribution in [-0.4, -0.2) is 30.3 Å². The van der Waals surface area contributed by atoms with Gasteiger partial charge in [0.2, 0.25) is 11.8 Å². The quantitative estimate of drug-likeness (QED) is 0.664. The van der Waals surface area contributed by atoms with Crippen LogP contribution in [0.25, 0.3) is 0 Å². The molecule has 0 unspecified atom stereocenters. The smallest absolute Gasteiger partial charge is 0.226 e. The van der Waals surface area contributed by atoms with Crippen molar-refractivity contribution < 1.29 is 9.59 Å². The molecule has 1 heterocycles. The van der Waals surface area contributed by atoms with Crippen LogP contribution in [0.15, 0.2) is 48.5 Å². The molecule has 2 fully saturated rings. The van der Waals surface area contributed by atoms with E-state index >= 15 is 0 Å². The summed E-state index contributed by atoms with van der Waals surface area (Å²) in [5.74, 6) is 0.230. The summed E-state index contributed by atoms with van der Waals surface area (Å²) in [5, 5.41) is 4.02. The minimum absolute atomic E-state index is 0.0518. The van der Waals surface area contributed by atoms with Gasteiger partial charge in [-0.3, -0.25) is 9.59 Å². The maximum absolute atomic E-state index is 13.5. The van der Waals surface area contributed by atoms with Crippen molar-refractivity contribution in [2.75, 3.05) is 13.6 Å². The van der Waals surface area contributed by atoms with Crippen LogP contribution in [0.4, 0.5) is 0 Å². The Morgan fingerprint density at radius 2 is 1.80 bits per heavy atom. The van der Waals surface area contributed by atoms with Crippen LogP contribution < -0.4 is 5.32 Å². The number of carbonyl (C=O) groups excluding carboxylic acids is 2. The number of hydrogen-bond acceptors (Lipinski definition) is 2. The molecule has 1 saturated heterocycles. The van der Waals surface area contributed by atoms with Crippen molar-refractivity contribution in [1.29, 1.82) is 0 Å². The number of halogens is 2. The van der Waals surface area contributed by atoms with Gasteiger partial charge in [-0.25, -0.2) is 0 Å². The molecule has 2 aromatic carbocycles. The Balaban J connectivity index is 1.77. The monoisotopic (exact) mass is 444 g/mol. The number of benzene rings is 2. The Kier molecular flexibility index (Phi) is 6.35. The van der Waals surface area contributed by atoms with E-state index in [0.717, 1.165) is 30.5 Å². The highest BCUT2D eigenvalue weighted by Crippen LogP contribution is 2.48. The molecule has 2 aliphatic rings. The minimum Gasteiger partial charge on any atom is -0.359 e. The maximum atomic E-state index is 13.5. The number of likely N-dealkylation sites (tertiary alicyclic amines) is 1. The maximum Gasteiger partial charge on any atom is 0.226 e. The highest BCUT2D eigenvalue weighted by molar-refractivity contribution is 6.30. The van der Waals surface area contributed by atoms with Crippen molar-refractivity contribution in [2.24, 2.45) is 11.8 Å². The third-order valence-electron chi connectivity index (χ3n) is 6.24. The van der Waals surface area contributed by atoms with Gasteiger partial charge in [-0.15, -0.1) is 0 Å². The first-order valence-electron chi connectivity index (χ1n) is 10.5. The minimum atomic E-state index is -0.337. The first-order chi connectivity index (χ1) is 14.5. The molecule has 1 saturated carbocycles. The normalized spacial score (nSPS) is 24.0. The Labute approximate surface area is 187 Å². The molecule has 1 aliphatic carbocycles. The highest BCUT2D eigenvalue weighted by Gasteiger charge is 2.45. The second-order valence-electron chi connectivity index (χ2n) is 8.40. The lowest BCUT2D eigenvalue weighted by molar-refractivity contribution is -0.146. The molecular weight excluding hydrogens is 419 g/mol. The topological polar surface area (TPSA) is 49.4 Å². The fourth-order valence-corrected chi connectivity index (χ4v) is 4.86. The van der Waals surface area contributed by atoms with Gasteiger partial charge in [-0.05, 0) is 60.6 Å². The number of carbonyl (C=O) groups is 2. The van der Waals surface area contributed by atoms with E-state index in [1.165, 1.54) is 0 Å². The van der Waals surface area contributed by atoms with E-state index in [-0.39, 0.29) is 36.1 Å². The number of amides is 2. The first kappa shape index (κ1) is 21.2. The zero-order chi connectivity index (χ0) is 21.3. The van der Waals surface area contributed by atoms with E-state index in [1.54, 1.807) is 7.05 Å². The van der Waals surface area contributed by atoms with Crippen LogP contribution in [0.1, 0.15) is 48.8 Å². The standard InChI is InChI=1S/C24H26Cl2N2O2/c1-27-22(29)13-18-12-21(17-3-2-4-20(26)11-17)23(16-7-9-19(25)10-8-16)28(24(18)30)14-15-5-6-15/h2-4,7-11,15,18,21,23H,5-6,12-14H2,1H3,(H,27,29)/t18-,21-,23-/m1/s1. The molecule has 3 atom stereocenters. The Morgan fingerprint density at radius 3 is 2.43 bits per heavy atom. The van der Waals surface area contributed by atoms with Gasteiger partial charge in [-0.2, -0.15) is 0 Å². The van der Waals surface area contributed by atoms with Crippen LogP contribution in [-0.2, 0) is 9.59 Å². The molecule has 1 N–H and O–H groups in total. The first-order valence-corrected chi connectivity index (χ1v) is 11.2. The van der Waals surface area contributed by atoms with E-state index in [9.17, 15) is 9.59 Å². The molecule has 30 heavy (non-hydrogen) atoms. The second-order valence-corrected chi connectivity index (χ2v) is 9.27. The summed E-state index contributed by atoms with van der Waals surface area (Å²) in [7, 11) is 1.61. The van der Waals surface area contributed by atoms with Gasteiger partial charge in [0.25, 0.3) is 0 Å². The van der Waals surface area contributed by atoms with E-state index in [1.807, 2.05) is 47.4 Å². The van der Waals surface area contributed by atoms with Crippen LogP contribution in [0, 0.1) is 11.8 Å². The molecule has 4 rings (SSSR count). The predicted octanol–water partition coefficient (Wildman–Crippen LogP) is 5.21. The lowest BCUT2D eigenvalue weighted by Crippen LogP contribution is -2.48. The highest BCUT2D eigenvalue weighted by atomic mass is 35.5. The van der Waals surface area contributed by atoms with Crippen LogP contribution in [0.2, 0.25) is 10.0 Å². The van der Waals surface area contributed by atoms with Gasteiger partial charge in [-0.1, -0.05) is 47.5 Å². The summed E-state index contributed by atoms with van der Waals surface area (Å²) in [6, 6.07) is 15.5. The lowest BCUT2D eigenvalue weighted by Gasteiger charge is -2.45. The van der Waals surface area contributed by atoms with Gasteiger partial charge in [0, 0.05) is 41.9 Å². The summed E-state index contributed by atoms with van der Waals surface area (Å²) in [4.78, 5) is 27.7. The molecule has 2 aromatic rings. The lowest BCUT2D eigenvalue weighted by atomic mass is 9.74. The molecule has 0 radical (unpaired) electrons. The van der Waals surface area contributed by atoms with Crippen molar-refractivity contribution in [3.8, 4) is 0 Å². The van der Waals surface area contributed by atoms with Crippen molar-refractivity contribution in [2.45, 2.75) is 37.6 Å². The second kappa shape index (κ2) is 8.99. The number of rotatable bonds is 6. The molecular formula is C24H26Cl2N2O2. The Hall–Kier alpha value is -2.04. The Bertz CT molecular complexity index is 927. The molecule has 4 nitrogen and oxygen atoms in total.